The molecule has 5 rings (SSSR count). The van der Waals surface area contributed by atoms with Crippen LogP contribution in [0, 0.1) is 12.3 Å². The Morgan fingerprint density at radius 3 is 2.36 bits per heavy atom. The average Bonchev–Trinajstić information content (AvgIpc) is 3.61. The first-order valence-corrected chi connectivity index (χ1v) is 13.8. The van der Waals surface area contributed by atoms with Crippen LogP contribution in [0.4, 0.5) is 31.9 Å². The van der Waals surface area contributed by atoms with Gasteiger partial charge in [0.2, 0.25) is 5.95 Å². The van der Waals surface area contributed by atoms with E-state index < -0.39 is 5.92 Å². The van der Waals surface area contributed by atoms with Crippen molar-refractivity contribution in [2.75, 3.05) is 51.8 Å². The molecule has 1 aromatic carbocycles. The topological polar surface area (TPSA) is 73.4 Å². The first-order chi connectivity index (χ1) is 17.3. The minimum absolute atomic E-state index is 0.189. The summed E-state index contributed by atoms with van der Waals surface area (Å²) in [5, 5.41) is 2.95. The van der Waals surface area contributed by atoms with E-state index in [4.69, 9.17) is 0 Å². The second-order valence-electron chi connectivity index (χ2n) is 10.2. The number of carbonyl (C=O) groups excluding carboxylic acids is 1. The molecule has 1 saturated carbocycles. The summed E-state index contributed by atoms with van der Waals surface area (Å²) in [5.74, 6) is -1.18. The lowest BCUT2D eigenvalue weighted by molar-refractivity contribution is -0.0222. The largest absolute Gasteiger partial charge is 0.371 e. The SMILES string of the molecule is CCSNc1ccc(C(=O)Nc2cc(C)nc(N3CCC(F)(F)CC3)n2)c(N2CCC3(CC2)CC3)c1. The molecule has 7 nitrogen and oxygen atoms in total. The van der Waals surface area contributed by atoms with Crippen molar-refractivity contribution in [1.29, 1.82) is 0 Å². The van der Waals surface area contributed by atoms with Gasteiger partial charge in [0.15, 0.2) is 0 Å². The van der Waals surface area contributed by atoms with Crippen LogP contribution in [0.1, 0.15) is 61.5 Å². The molecule has 1 spiro atoms. The van der Waals surface area contributed by atoms with Gasteiger partial charge < -0.3 is 19.8 Å². The molecular formula is C26H34F2N6OS. The molecule has 3 aliphatic rings. The maximum absolute atomic E-state index is 13.6. The summed E-state index contributed by atoms with van der Waals surface area (Å²) >= 11 is 1.62. The number of anilines is 4. The normalized spacial score (nSPS) is 20.3. The van der Waals surface area contributed by atoms with Gasteiger partial charge in [-0.1, -0.05) is 18.9 Å². The Morgan fingerprint density at radius 1 is 1.00 bits per heavy atom. The number of aromatic nitrogens is 2. The summed E-state index contributed by atoms with van der Waals surface area (Å²) in [5.41, 5.74) is 3.72. The van der Waals surface area contributed by atoms with Crippen LogP contribution >= 0.6 is 11.9 Å². The summed E-state index contributed by atoms with van der Waals surface area (Å²) in [6.45, 7) is 6.18. The number of nitrogens with one attached hydrogen (secondary N) is 2. The smallest absolute Gasteiger partial charge is 0.258 e. The highest BCUT2D eigenvalue weighted by Gasteiger charge is 2.44. The van der Waals surface area contributed by atoms with Crippen LogP contribution in [0.3, 0.4) is 0 Å². The molecule has 0 bridgehead atoms. The molecule has 1 amide bonds. The third-order valence-electron chi connectivity index (χ3n) is 7.56. The second-order valence-corrected chi connectivity index (χ2v) is 11.3. The molecule has 0 unspecified atom stereocenters. The number of aryl methyl sites for hydroxylation is 1. The van der Waals surface area contributed by atoms with Gasteiger partial charge in [0.1, 0.15) is 5.82 Å². The van der Waals surface area contributed by atoms with E-state index in [1.807, 2.05) is 19.1 Å². The summed E-state index contributed by atoms with van der Waals surface area (Å²) in [4.78, 5) is 26.5. The van der Waals surface area contributed by atoms with E-state index in [-0.39, 0.29) is 31.8 Å². The molecule has 0 radical (unpaired) electrons. The Balaban J connectivity index is 1.36. The van der Waals surface area contributed by atoms with E-state index >= 15 is 0 Å². The molecule has 3 heterocycles. The van der Waals surface area contributed by atoms with Gasteiger partial charge in [0, 0.05) is 62.2 Å². The zero-order chi connectivity index (χ0) is 25.3. The van der Waals surface area contributed by atoms with Crippen molar-refractivity contribution in [2.45, 2.75) is 58.3 Å². The number of nitrogens with zero attached hydrogens (tertiary/aromatic N) is 4. The van der Waals surface area contributed by atoms with Gasteiger partial charge in [-0.05, 0) is 56.2 Å². The Bertz CT molecular complexity index is 1110. The molecule has 3 fully saturated rings. The van der Waals surface area contributed by atoms with E-state index in [2.05, 4.69) is 37.9 Å². The lowest BCUT2D eigenvalue weighted by Crippen LogP contribution is -2.40. The summed E-state index contributed by atoms with van der Waals surface area (Å²) in [6, 6.07) is 7.57. The van der Waals surface area contributed by atoms with Gasteiger partial charge in [-0.2, -0.15) is 4.98 Å². The van der Waals surface area contributed by atoms with Gasteiger partial charge in [0.25, 0.3) is 11.8 Å². The second kappa shape index (κ2) is 10.0. The lowest BCUT2D eigenvalue weighted by Gasteiger charge is -2.35. The van der Waals surface area contributed by atoms with Gasteiger partial charge in [0.05, 0.1) is 11.3 Å². The molecule has 2 saturated heterocycles. The number of halogens is 2. The minimum atomic E-state index is -2.64. The minimum Gasteiger partial charge on any atom is -0.371 e. The number of rotatable bonds is 7. The number of alkyl halides is 2. The maximum atomic E-state index is 13.6. The molecule has 2 aromatic rings. The number of hydrogen-bond donors (Lipinski definition) is 2. The van der Waals surface area contributed by atoms with Crippen LogP contribution in [0.5, 0.6) is 0 Å². The van der Waals surface area contributed by atoms with Crippen LogP contribution < -0.4 is 19.8 Å². The molecule has 2 N–H and O–H groups in total. The quantitative estimate of drug-likeness (QED) is 0.455. The van der Waals surface area contributed by atoms with E-state index in [1.165, 1.54) is 25.7 Å². The maximum Gasteiger partial charge on any atom is 0.258 e. The highest BCUT2D eigenvalue weighted by Crippen LogP contribution is 2.54. The van der Waals surface area contributed by atoms with E-state index in [0.717, 1.165) is 30.2 Å². The van der Waals surface area contributed by atoms with Crippen molar-refractivity contribution in [2.24, 2.45) is 5.41 Å². The van der Waals surface area contributed by atoms with E-state index in [9.17, 15) is 13.6 Å². The van der Waals surface area contributed by atoms with E-state index in [0.29, 0.717) is 28.4 Å². The van der Waals surface area contributed by atoms with Crippen molar-refractivity contribution in [3.05, 3.63) is 35.5 Å². The van der Waals surface area contributed by atoms with Crippen LogP contribution in [0.25, 0.3) is 0 Å². The summed E-state index contributed by atoms with van der Waals surface area (Å²) in [6.07, 6.45) is 4.55. The van der Waals surface area contributed by atoms with Crippen molar-refractivity contribution < 1.29 is 13.6 Å². The highest BCUT2D eigenvalue weighted by atomic mass is 32.2. The van der Waals surface area contributed by atoms with Gasteiger partial charge in [-0.3, -0.25) is 4.79 Å². The fourth-order valence-corrected chi connectivity index (χ4v) is 5.52. The molecule has 0 atom stereocenters. The molecule has 194 valence electrons. The third kappa shape index (κ3) is 5.68. The van der Waals surface area contributed by atoms with Gasteiger partial charge in [-0.15, -0.1) is 0 Å². The first-order valence-electron chi connectivity index (χ1n) is 12.8. The molecule has 1 aliphatic carbocycles. The number of piperidine rings is 2. The average molecular weight is 517 g/mol. The predicted octanol–water partition coefficient (Wildman–Crippen LogP) is 5.73. The highest BCUT2D eigenvalue weighted by molar-refractivity contribution is 8.00. The summed E-state index contributed by atoms with van der Waals surface area (Å²) < 4.78 is 30.6. The van der Waals surface area contributed by atoms with Crippen LogP contribution in [0.2, 0.25) is 0 Å². The zero-order valence-electron chi connectivity index (χ0n) is 20.9. The Labute approximate surface area is 215 Å². The molecule has 36 heavy (non-hydrogen) atoms. The number of hydrogen-bond acceptors (Lipinski definition) is 7. The molecule has 2 aliphatic heterocycles. The fourth-order valence-electron chi connectivity index (χ4n) is 5.08. The third-order valence-corrected chi connectivity index (χ3v) is 8.23. The van der Waals surface area contributed by atoms with Crippen molar-refractivity contribution >= 4 is 41.0 Å². The van der Waals surface area contributed by atoms with Crippen LogP contribution in [-0.2, 0) is 0 Å². The number of carbonyl (C=O) groups is 1. The van der Waals surface area contributed by atoms with Crippen LogP contribution in [-0.4, -0.2) is 53.7 Å². The van der Waals surface area contributed by atoms with Crippen LogP contribution in [0.15, 0.2) is 24.3 Å². The Kier molecular flexibility index (Phi) is 6.98. The predicted molar refractivity (Wildman–Crippen MR) is 142 cm³/mol. The molecule has 10 heteroatoms. The van der Waals surface area contributed by atoms with Crippen molar-refractivity contribution in [1.82, 2.24) is 9.97 Å². The lowest BCUT2D eigenvalue weighted by atomic mass is 9.93. The van der Waals surface area contributed by atoms with Gasteiger partial charge in [-0.25, -0.2) is 13.8 Å². The molecular weight excluding hydrogens is 482 g/mol. The first kappa shape index (κ1) is 25.0. The van der Waals surface area contributed by atoms with Crippen molar-refractivity contribution in [3.8, 4) is 0 Å². The molecule has 1 aromatic heterocycles. The number of amides is 1. The van der Waals surface area contributed by atoms with Crippen molar-refractivity contribution in [3.63, 3.8) is 0 Å². The Hall–Kier alpha value is -2.62. The number of benzene rings is 1. The fraction of sp³-hybridized carbons (Fsp3) is 0.577. The summed E-state index contributed by atoms with van der Waals surface area (Å²) in [7, 11) is 0. The zero-order valence-corrected chi connectivity index (χ0v) is 21.8. The standard InChI is InChI=1S/C26H34F2N6OS/c1-3-36-32-19-4-5-20(21(17-19)33-12-8-25(6-7-25)9-13-33)23(35)30-22-16-18(2)29-24(31-22)34-14-10-26(27,28)11-15-34/h4-5,16-17,32H,3,6-15H2,1-2H3,(H,29,30,31,35). The Morgan fingerprint density at radius 2 is 1.69 bits per heavy atom. The van der Waals surface area contributed by atoms with E-state index in [1.54, 1.807) is 22.9 Å². The monoisotopic (exact) mass is 516 g/mol. The van der Waals surface area contributed by atoms with Gasteiger partial charge >= 0.3 is 0 Å².